The van der Waals surface area contributed by atoms with Crippen LogP contribution in [-0.4, -0.2) is 29.3 Å². The van der Waals surface area contributed by atoms with E-state index in [0.717, 1.165) is 24.1 Å². The highest BCUT2D eigenvalue weighted by Crippen LogP contribution is 2.37. The Kier molecular flexibility index (Phi) is 3.41. The Hall–Kier alpha value is -3.28. The second-order valence-corrected chi connectivity index (χ2v) is 6.36. The first-order chi connectivity index (χ1) is 12.8. The predicted octanol–water partition coefficient (Wildman–Crippen LogP) is 3.66. The summed E-state index contributed by atoms with van der Waals surface area (Å²) in [4.78, 5) is 14.6. The molecular formula is C20H16N2O4. The molecule has 1 atom stereocenters. The number of hydrogen-bond acceptors (Lipinski definition) is 5. The van der Waals surface area contributed by atoms with E-state index in [2.05, 4.69) is 5.16 Å². The third-order valence-corrected chi connectivity index (χ3v) is 4.85. The van der Waals surface area contributed by atoms with E-state index >= 15 is 0 Å². The van der Waals surface area contributed by atoms with Gasteiger partial charge in [0.05, 0.1) is 6.04 Å². The van der Waals surface area contributed by atoms with Crippen molar-refractivity contribution in [2.24, 2.45) is 0 Å². The highest BCUT2D eigenvalue weighted by atomic mass is 16.7. The van der Waals surface area contributed by atoms with Gasteiger partial charge in [0.2, 0.25) is 6.79 Å². The van der Waals surface area contributed by atoms with Gasteiger partial charge in [0.1, 0.15) is 0 Å². The number of fused-ring (bicyclic) bond motifs is 1. The predicted molar refractivity (Wildman–Crippen MR) is 92.9 cm³/mol. The van der Waals surface area contributed by atoms with Crippen molar-refractivity contribution >= 4 is 5.91 Å². The zero-order valence-electron chi connectivity index (χ0n) is 13.9. The van der Waals surface area contributed by atoms with Crippen molar-refractivity contribution in [1.82, 2.24) is 10.1 Å². The van der Waals surface area contributed by atoms with E-state index < -0.39 is 0 Å². The molecule has 6 heteroatoms. The molecule has 0 aliphatic carbocycles. The van der Waals surface area contributed by atoms with Gasteiger partial charge in [-0.2, -0.15) is 0 Å². The van der Waals surface area contributed by atoms with E-state index in [1.165, 1.54) is 0 Å². The molecule has 2 aliphatic rings. The number of aromatic nitrogens is 1. The Labute approximate surface area is 149 Å². The summed E-state index contributed by atoms with van der Waals surface area (Å²) in [5.41, 5.74) is 2.26. The van der Waals surface area contributed by atoms with Crippen molar-refractivity contribution in [1.29, 1.82) is 0 Å². The minimum atomic E-state index is -0.110. The van der Waals surface area contributed by atoms with Crippen LogP contribution >= 0.6 is 0 Å². The lowest BCUT2D eigenvalue weighted by Gasteiger charge is -2.40. The molecule has 0 N–H and O–H groups in total. The summed E-state index contributed by atoms with van der Waals surface area (Å²) in [5.74, 6) is 1.79. The molecule has 0 radical (unpaired) electrons. The van der Waals surface area contributed by atoms with Gasteiger partial charge in [-0.3, -0.25) is 4.79 Å². The maximum atomic E-state index is 12.8. The lowest BCUT2D eigenvalue weighted by atomic mass is 9.94. The summed E-state index contributed by atoms with van der Waals surface area (Å²) in [6.07, 6.45) is 0.961. The third-order valence-electron chi connectivity index (χ3n) is 4.85. The highest BCUT2D eigenvalue weighted by molar-refractivity contribution is 5.94. The molecule has 26 heavy (non-hydrogen) atoms. The third kappa shape index (κ3) is 2.42. The van der Waals surface area contributed by atoms with Gasteiger partial charge in [-0.25, -0.2) is 0 Å². The smallest absolute Gasteiger partial charge is 0.276 e. The first-order valence-corrected chi connectivity index (χ1v) is 8.52. The second-order valence-electron chi connectivity index (χ2n) is 6.36. The summed E-state index contributed by atoms with van der Waals surface area (Å²) in [6, 6.07) is 17.3. The molecule has 2 aliphatic heterocycles. The first-order valence-electron chi connectivity index (χ1n) is 8.52. The van der Waals surface area contributed by atoms with Crippen LogP contribution in [0.15, 0.2) is 59.1 Å². The Morgan fingerprint density at radius 1 is 1.04 bits per heavy atom. The van der Waals surface area contributed by atoms with Gasteiger partial charge >= 0.3 is 0 Å². The lowest BCUT2D eigenvalue weighted by Crippen LogP contribution is -2.45. The molecule has 1 unspecified atom stereocenters. The largest absolute Gasteiger partial charge is 0.454 e. The number of carbonyl (C=O) groups excluding carboxylic acids is 1. The molecule has 6 nitrogen and oxygen atoms in total. The summed E-state index contributed by atoms with van der Waals surface area (Å²) in [7, 11) is 0. The van der Waals surface area contributed by atoms with E-state index in [-0.39, 0.29) is 18.7 Å². The van der Waals surface area contributed by atoms with Gasteiger partial charge in [-0.1, -0.05) is 35.5 Å². The molecule has 0 bridgehead atoms. The molecule has 3 aromatic rings. The molecular weight excluding hydrogens is 332 g/mol. The zero-order valence-corrected chi connectivity index (χ0v) is 13.9. The Morgan fingerprint density at radius 2 is 1.88 bits per heavy atom. The van der Waals surface area contributed by atoms with Crippen molar-refractivity contribution in [2.75, 3.05) is 13.3 Å². The van der Waals surface area contributed by atoms with E-state index in [4.69, 9.17) is 14.0 Å². The van der Waals surface area contributed by atoms with Gasteiger partial charge in [0, 0.05) is 18.2 Å². The first kappa shape index (κ1) is 15.0. The number of amides is 1. The number of hydrogen-bond donors (Lipinski definition) is 0. The van der Waals surface area contributed by atoms with Crippen LogP contribution in [0.1, 0.15) is 28.5 Å². The number of rotatable bonds is 3. The summed E-state index contributed by atoms with van der Waals surface area (Å²) >= 11 is 0. The van der Waals surface area contributed by atoms with Gasteiger partial charge in [0.15, 0.2) is 23.0 Å². The van der Waals surface area contributed by atoms with E-state index in [0.29, 0.717) is 23.0 Å². The van der Waals surface area contributed by atoms with E-state index in [1.54, 1.807) is 6.07 Å². The zero-order chi connectivity index (χ0) is 17.5. The normalized spacial score (nSPS) is 17.8. The lowest BCUT2D eigenvalue weighted by molar-refractivity contribution is 0.0450. The molecule has 0 spiro atoms. The SMILES string of the molecule is O=C(c1cc(-c2ccc3c(c2)OCO3)on1)N1CCC1c1ccccc1. The molecule has 130 valence electrons. The van der Waals surface area contributed by atoms with Gasteiger partial charge in [-0.05, 0) is 30.2 Å². The Balaban J connectivity index is 1.37. The van der Waals surface area contributed by atoms with Crippen molar-refractivity contribution in [3.05, 3.63) is 65.9 Å². The molecule has 1 amide bonds. The quantitative estimate of drug-likeness (QED) is 0.723. The summed E-state index contributed by atoms with van der Waals surface area (Å²) in [6.45, 7) is 0.944. The molecule has 2 aromatic carbocycles. The number of likely N-dealkylation sites (tertiary alicyclic amines) is 1. The number of ether oxygens (including phenoxy) is 2. The fourth-order valence-corrected chi connectivity index (χ4v) is 3.36. The summed E-state index contributed by atoms with van der Waals surface area (Å²) in [5, 5.41) is 3.98. The maximum absolute atomic E-state index is 12.8. The minimum Gasteiger partial charge on any atom is -0.454 e. The van der Waals surface area contributed by atoms with Gasteiger partial charge < -0.3 is 18.9 Å². The van der Waals surface area contributed by atoms with Crippen LogP contribution in [0.3, 0.4) is 0 Å². The average molecular weight is 348 g/mol. The molecule has 0 saturated carbocycles. The fourth-order valence-electron chi connectivity index (χ4n) is 3.36. The Morgan fingerprint density at radius 3 is 2.69 bits per heavy atom. The van der Waals surface area contributed by atoms with Crippen LogP contribution in [0.2, 0.25) is 0 Å². The topological polar surface area (TPSA) is 64.8 Å². The molecule has 3 heterocycles. The van der Waals surface area contributed by atoms with Crippen LogP contribution in [0, 0.1) is 0 Å². The molecule has 5 rings (SSSR count). The molecule has 1 saturated heterocycles. The number of benzene rings is 2. The fraction of sp³-hybridized carbons (Fsp3) is 0.200. The van der Waals surface area contributed by atoms with E-state index in [9.17, 15) is 4.79 Å². The number of nitrogens with zero attached hydrogens (tertiary/aromatic N) is 2. The monoisotopic (exact) mass is 348 g/mol. The van der Waals surface area contributed by atoms with Crippen LogP contribution in [0.25, 0.3) is 11.3 Å². The van der Waals surface area contributed by atoms with Crippen molar-refractivity contribution in [2.45, 2.75) is 12.5 Å². The molecule has 1 fully saturated rings. The summed E-state index contributed by atoms with van der Waals surface area (Å²) < 4.78 is 16.1. The van der Waals surface area contributed by atoms with Crippen LogP contribution in [0.5, 0.6) is 11.5 Å². The van der Waals surface area contributed by atoms with Gasteiger partial charge in [0.25, 0.3) is 5.91 Å². The second kappa shape index (κ2) is 5.91. The van der Waals surface area contributed by atoms with Crippen molar-refractivity contribution < 1.29 is 18.8 Å². The van der Waals surface area contributed by atoms with Crippen LogP contribution in [-0.2, 0) is 0 Å². The van der Waals surface area contributed by atoms with Gasteiger partial charge in [-0.15, -0.1) is 0 Å². The Bertz CT molecular complexity index is 967. The minimum absolute atomic E-state index is 0.106. The standard InChI is InChI=1S/C20H16N2O4/c23-20(22-9-8-16(22)13-4-2-1-3-5-13)15-11-18(26-21-15)14-6-7-17-19(10-14)25-12-24-17/h1-7,10-11,16H,8-9,12H2. The maximum Gasteiger partial charge on any atom is 0.276 e. The van der Waals surface area contributed by atoms with Crippen molar-refractivity contribution in [3.63, 3.8) is 0 Å². The van der Waals surface area contributed by atoms with Crippen LogP contribution < -0.4 is 9.47 Å². The highest BCUT2D eigenvalue weighted by Gasteiger charge is 2.35. The molecule has 1 aromatic heterocycles. The number of carbonyl (C=O) groups is 1. The van der Waals surface area contributed by atoms with Crippen LogP contribution in [0.4, 0.5) is 0 Å². The van der Waals surface area contributed by atoms with Crippen molar-refractivity contribution in [3.8, 4) is 22.8 Å². The van der Waals surface area contributed by atoms with E-state index in [1.807, 2.05) is 53.4 Å². The average Bonchev–Trinajstić information content (AvgIpc) is 3.30.